The number of nitriles is 1. The van der Waals surface area contributed by atoms with Gasteiger partial charge in [0.25, 0.3) is 0 Å². The van der Waals surface area contributed by atoms with Crippen molar-refractivity contribution in [2.45, 2.75) is 13.3 Å². The van der Waals surface area contributed by atoms with E-state index < -0.39 is 0 Å². The van der Waals surface area contributed by atoms with Gasteiger partial charge in [0.05, 0.1) is 19.2 Å². The fourth-order valence-electron chi connectivity index (χ4n) is 1.22. The van der Waals surface area contributed by atoms with Gasteiger partial charge in [-0.05, 0) is 13.0 Å². The highest BCUT2D eigenvalue weighted by Gasteiger charge is 2.11. The Labute approximate surface area is 91.3 Å². The van der Waals surface area contributed by atoms with Crippen LogP contribution in [0.25, 0.3) is 0 Å². The highest BCUT2D eigenvalue weighted by atomic mass is 15.3. The van der Waals surface area contributed by atoms with Crippen molar-refractivity contribution in [3.05, 3.63) is 11.9 Å². The maximum atomic E-state index is 8.33. The molecule has 1 aliphatic rings. The molecule has 15 heavy (non-hydrogen) atoms. The molecule has 4 nitrogen and oxygen atoms in total. The van der Waals surface area contributed by atoms with Crippen LogP contribution in [-0.4, -0.2) is 30.9 Å². The van der Waals surface area contributed by atoms with Crippen LogP contribution in [0.4, 0.5) is 0 Å². The lowest BCUT2D eigenvalue weighted by Gasteiger charge is -2.15. The van der Waals surface area contributed by atoms with Gasteiger partial charge in [-0.15, -0.1) is 12.8 Å². The van der Waals surface area contributed by atoms with E-state index in [9.17, 15) is 0 Å². The van der Waals surface area contributed by atoms with Crippen LogP contribution in [0.1, 0.15) is 13.3 Å². The highest BCUT2D eigenvalue weighted by Crippen LogP contribution is 2.06. The average Bonchev–Trinajstić information content (AvgIpc) is 2.81. The number of hydrogen-bond donors (Lipinski definition) is 1. The average molecular weight is 204 g/mol. The van der Waals surface area contributed by atoms with Crippen LogP contribution in [0.3, 0.4) is 0 Å². The van der Waals surface area contributed by atoms with Crippen molar-refractivity contribution in [1.29, 1.82) is 5.26 Å². The Hall–Kier alpha value is -1.78. The van der Waals surface area contributed by atoms with Crippen LogP contribution in [-0.2, 0) is 0 Å². The predicted octanol–water partition coefficient (Wildman–Crippen LogP) is 0.944. The first-order valence-electron chi connectivity index (χ1n) is 4.73. The number of nitrogens with zero attached hydrogens (tertiary/aromatic N) is 3. The Bertz CT molecular complexity index is 277. The molecular weight excluding hydrogens is 188 g/mol. The molecular formula is C11H16N4. The summed E-state index contributed by atoms with van der Waals surface area (Å²) in [5.41, 5.74) is 0. The van der Waals surface area contributed by atoms with E-state index in [1.54, 1.807) is 6.21 Å². The van der Waals surface area contributed by atoms with Crippen LogP contribution in [0.5, 0.6) is 0 Å². The molecule has 0 atom stereocenters. The molecule has 4 heteroatoms. The van der Waals surface area contributed by atoms with Gasteiger partial charge in [-0.1, -0.05) is 0 Å². The summed E-state index contributed by atoms with van der Waals surface area (Å²) < 4.78 is 0. The van der Waals surface area contributed by atoms with Gasteiger partial charge in [-0.2, -0.15) is 5.26 Å². The number of nitrogens with one attached hydrogen (secondary N) is 1. The third-order valence-electron chi connectivity index (χ3n) is 1.85. The second-order valence-corrected chi connectivity index (χ2v) is 2.74. The van der Waals surface area contributed by atoms with Gasteiger partial charge >= 0.3 is 0 Å². The van der Waals surface area contributed by atoms with Gasteiger partial charge in [-0.25, -0.2) is 4.99 Å². The molecule has 1 rings (SSSR count). The Morgan fingerprint density at radius 2 is 2.40 bits per heavy atom. The van der Waals surface area contributed by atoms with Gasteiger partial charge < -0.3 is 4.90 Å². The summed E-state index contributed by atoms with van der Waals surface area (Å²) in [6.07, 6.45) is 12.0. The molecule has 0 bridgehead atoms. The van der Waals surface area contributed by atoms with E-state index >= 15 is 0 Å². The third kappa shape index (κ3) is 4.85. The number of allylic oxidation sites excluding steroid dienone is 1. The summed E-state index contributed by atoms with van der Waals surface area (Å²) in [5, 5.41) is 11.6. The lowest BCUT2D eigenvalue weighted by atomic mass is 10.5. The Balaban J connectivity index is 0.000000921. The minimum absolute atomic E-state index is 0.374. The molecule has 0 saturated carbocycles. The summed E-state index contributed by atoms with van der Waals surface area (Å²) in [5.74, 6) is 0.945. The SMILES string of the molecule is C#C.C/C=C(\N=C/CC#N)N1CCNC1. The maximum absolute atomic E-state index is 8.33. The van der Waals surface area contributed by atoms with E-state index in [0.29, 0.717) is 6.42 Å². The van der Waals surface area contributed by atoms with E-state index in [2.05, 4.69) is 28.1 Å². The van der Waals surface area contributed by atoms with E-state index in [1.807, 2.05) is 19.1 Å². The minimum Gasteiger partial charge on any atom is -0.343 e. The largest absolute Gasteiger partial charge is 0.343 e. The van der Waals surface area contributed by atoms with Crippen molar-refractivity contribution >= 4 is 6.21 Å². The Kier molecular flexibility index (Phi) is 7.76. The number of terminal acetylenes is 1. The third-order valence-corrected chi connectivity index (χ3v) is 1.85. The molecule has 0 aliphatic carbocycles. The quantitative estimate of drug-likeness (QED) is 0.550. The highest BCUT2D eigenvalue weighted by molar-refractivity contribution is 5.61. The summed E-state index contributed by atoms with van der Waals surface area (Å²) in [6.45, 7) is 4.80. The van der Waals surface area contributed by atoms with Crippen molar-refractivity contribution in [3.8, 4) is 18.9 Å². The summed E-state index contributed by atoms with van der Waals surface area (Å²) in [7, 11) is 0. The second kappa shape index (κ2) is 8.80. The van der Waals surface area contributed by atoms with Crippen molar-refractivity contribution in [2.24, 2.45) is 4.99 Å². The lowest BCUT2D eigenvalue weighted by molar-refractivity contribution is 0.416. The zero-order chi connectivity index (χ0) is 11.5. The first kappa shape index (κ1) is 13.2. The number of hydrogen-bond acceptors (Lipinski definition) is 4. The maximum Gasteiger partial charge on any atom is 0.124 e. The molecule has 0 amide bonds. The van der Waals surface area contributed by atoms with Crippen LogP contribution in [0.15, 0.2) is 16.9 Å². The summed E-state index contributed by atoms with van der Waals surface area (Å²) in [6, 6.07) is 2.03. The monoisotopic (exact) mass is 204 g/mol. The molecule has 0 unspecified atom stereocenters. The van der Waals surface area contributed by atoms with E-state index in [0.717, 1.165) is 25.6 Å². The summed E-state index contributed by atoms with van der Waals surface area (Å²) >= 11 is 0. The molecule has 0 aromatic rings. The molecule has 1 fully saturated rings. The molecule has 0 spiro atoms. The van der Waals surface area contributed by atoms with E-state index in [4.69, 9.17) is 5.26 Å². The molecule has 1 saturated heterocycles. The standard InChI is InChI=1S/C9H14N4.C2H2/c1-2-9(12-5-3-4-10)13-7-6-11-8-13;1-2/h2,5,11H,3,6-8H2,1H3;1-2H/b9-2+,12-5-;. The molecule has 0 radical (unpaired) electrons. The fourth-order valence-corrected chi connectivity index (χ4v) is 1.22. The van der Waals surface area contributed by atoms with Gasteiger partial charge in [0.1, 0.15) is 5.82 Å². The molecule has 1 heterocycles. The number of rotatable bonds is 3. The normalized spacial score (nSPS) is 15.9. The Morgan fingerprint density at radius 3 is 2.87 bits per heavy atom. The molecule has 80 valence electrons. The van der Waals surface area contributed by atoms with Crippen LogP contribution in [0, 0.1) is 24.2 Å². The van der Waals surface area contributed by atoms with Crippen LogP contribution < -0.4 is 5.32 Å². The second-order valence-electron chi connectivity index (χ2n) is 2.74. The number of aliphatic imine (C=N–C) groups is 1. The first-order chi connectivity index (χ1) is 7.38. The Morgan fingerprint density at radius 1 is 1.67 bits per heavy atom. The zero-order valence-corrected chi connectivity index (χ0v) is 8.98. The van der Waals surface area contributed by atoms with E-state index in [-0.39, 0.29) is 0 Å². The topological polar surface area (TPSA) is 51.4 Å². The van der Waals surface area contributed by atoms with E-state index in [1.165, 1.54) is 0 Å². The first-order valence-corrected chi connectivity index (χ1v) is 4.73. The van der Waals surface area contributed by atoms with Crippen molar-refractivity contribution in [3.63, 3.8) is 0 Å². The molecule has 0 aromatic carbocycles. The van der Waals surface area contributed by atoms with Crippen LogP contribution in [0.2, 0.25) is 0 Å². The minimum atomic E-state index is 0.374. The van der Waals surface area contributed by atoms with Crippen molar-refractivity contribution in [2.75, 3.05) is 19.8 Å². The van der Waals surface area contributed by atoms with Gasteiger partial charge in [-0.3, -0.25) is 5.32 Å². The molecule has 1 N–H and O–H groups in total. The summed E-state index contributed by atoms with van der Waals surface area (Å²) in [4.78, 5) is 6.36. The van der Waals surface area contributed by atoms with Crippen LogP contribution >= 0.6 is 0 Å². The predicted molar refractivity (Wildman–Crippen MR) is 61.9 cm³/mol. The molecule has 1 aliphatic heterocycles. The fraction of sp³-hybridized carbons (Fsp3) is 0.455. The van der Waals surface area contributed by atoms with Gasteiger partial charge in [0, 0.05) is 19.3 Å². The van der Waals surface area contributed by atoms with Crippen molar-refractivity contribution in [1.82, 2.24) is 10.2 Å². The smallest absolute Gasteiger partial charge is 0.124 e. The lowest BCUT2D eigenvalue weighted by Crippen LogP contribution is -2.20. The van der Waals surface area contributed by atoms with Gasteiger partial charge in [0.15, 0.2) is 0 Å². The molecule has 0 aromatic heterocycles. The van der Waals surface area contributed by atoms with Gasteiger partial charge in [0.2, 0.25) is 0 Å². The zero-order valence-electron chi connectivity index (χ0n) is 8.98. The van der Waals surface area contributed by atoms with Crippen molar-refractivity contribution < 1.29 is 0 Å².